The number of aromatic nitrogens is 1. The summed E-state index contributed by atoms with van der Waals surface area (Å²) in [5, 5.41) is 10.8. The Morgan fingerprint density at radius 3 is 3.10 bits per heavy atom. The number of nitrogens with one attached hydrogen (secondary N) is 1. The number of fused-ring (bicyclic) bond motifs is 1. The highest BCUT2D eigenvalue weighted by Crippen LogP contribution is 2.19. The van der Waals surface area contributed by atoms with Crippen LogP contribution in [0.1, 0.15) is 18.4 Å². The Hall–Kier alpha value is -1.85. The molecule has 2 aromatic rings. The fourth-order valence-corrected chi connectivity index (χ4v) is 3.01. The van der Waals surface area contributed by atoms with Crippen molar-refractivity contribution in [1.82, 2.24) is 9.88 Å². The van der Waals surface area contributed by atoms with Crippen molar-refractivity contribution < 1.29 is 9.90 Å². The van der Waals surface area contributed by atoms with Crippen molar-refractivity contribution in [2.75, 3.05) is 13.1 Å². The maximum atomic E-state index is 12.4. The molecular weight excluding hydrogens is 266 g/mol. The van der Waals surface area contributed by atoms with Gasteiger partial charge in [0.05, 0.1) is 12.1 Å². The van der Waals surface area contributed by atoms with Crippen LogP contribution in [0.5, 0.6) is 0 Å². The number of likely N-dealkylation sites (tertiary alicyclic amines) is 1. The van der Waals surface area contributed by atoms with Crippen molar-refractivity contribution >= 4 is 16.8 Å². The lowest BCUT2D eigenvalue weighted by Crippen LogP contribution is -2.50. The highest BCUT2D eigenvalue weighted by atomic mass is 16.3. The number of nitrogens with two attached hydrogens (primary N) is 1. The molecule has 2 heterocycles. The normalized spacial score (nSPS) is 20.7. The molecule has 1 amide bonds. The smallest absolute Gasteiger partial charge is 0.239 e. The summed E-state index contributed by atoms with van der Waals surface area (Å²) in [4.78, 5) is 17.3. The van der Waals surface area contributed by atoms with Gasteiger partial charge < -0.3 is 20.7 Å². The minimum Gasteiger partial charge on any atom is -0.391 e. The number of nitrogens with zero attached hydrogens (tertiary/aromatic N) is 1. The number of hydrogen-bond acceptors (Lipinski definition) is 3. The largest absolute Gasteiger partial charge is 0.391 e. The van der Waals surface area contributed by atoms with Gasteiger partial charge in [-0.3, -0.25) is 4.79 Å². The summed E-state index contributed by atoms with van der Waals surface area (Å²) in [5.41, 5.74) is 8.20. The van der Waals surface area contributed by atoms with Crippen LogP contribution in [0, 0.1) is 0 Å². The number of hydrogen-bond donors (Lipinski definition) is 3. The predicted octanol–water partition coefficient (Wildman–Crippen LogP) is 1.02. The molecule has 1 aromatic heterocycles. The molecule has 0 aliphatic carbocycles. The Bertz CT molecular complexity index is 637. The van der Waals surface area contributed by atoms with Crippen LogP contribution in [-0.4, -0.2) is 46.1 Å². The van der Waals surface area contributed by atoms with Crippen LogP contribution >= 0.6 is 0 Å². The van der Waals surface area contributed by atoms with Gasteiger partial charge in [-0.2, -0.15) is 0 Å². The monoisotopic (exact) mass is 287 g/mol. The molecule has 5 heteroatoms. The third kappa shape index (κ3) is 2.94. The Balaban J connectivity index is 1.70. The fourth-order valence-electron chi connectivity index (χ4n) is 3.01. The predicted molar refractivity (Wildman–Crippen MR) is 81.8 cm³/mol. The molecule has 1 aromatic carbocycles. The maximum absolute atomic E-state index is 12.4. The van der Waals surface area contributed by atoms with E-state index < -0.39 is 12.1 Å². The van der Waals surface area contributed by atoms with E-state index in [1.54, 1.807) is 4.90 Å². The first-order chi connectivity index (χ1) is 10.1. The molecule has 0 unspecified atom stereocenters. The zero-order chi connectivity index (χ0) is 14.8. The molecule has 0 spiro atoms. The molecule has 21 heavy (non-hydrogen) atoms. The van der Waals surface area contributed by atoms with Gasteiger partial charge >= 0.3 is 0 Å². The van der Waals surface area contributed by atoms with E-state index in [4.69, 9.17) is 5.73 Å². The number of benzene rings is 1. The Kier molecular flexibility index (Phi) is 3.94. The topological polar surface area (TPSA) is 82.4 Å². The first-order valence-corrected chi connectivity index (χ1v) is 7.42. The first-order valence-electron chi connectivity index (χ1n) is 7.42. The van der Waals surface area contributed by atoms with Gasteiger partial charge in [0.2, 0.25) is 5.91 Å². The molecule has 4 N–H and O–H groups in total. The van der Waals surface area contributed by atoms with Crippen molar-refractivity contribution in [1.29, 1.82) is 0 Å². The molecule has 0 radical (unpaired) electrons. The first kappa shape index (κ1) is 14.1. The van der Waals surface area contributed by atoms with E-state index in [1.807, 2.05) is 30.5 Å². The Labute approximate surface area is 123 Å². The molecule has 3 rings (SSSR count). The van der Waals surface area contributed by atoms with Crippen molar-refractivity contribution in [3.8, 4) is 0 Å². The second-order valence-corrected chi connectivity index (χ2v) is 5.75. The van der Waals surface area contributed by atoms with E-state index in [1.165, 1.54) is 0 Å². The summed E-state index contributed by atoms with van der Waals surface area (Å²) in [7, 11) is 0. The summed E-state index contributed by atoms with van der Waals surface area (Å²) in [6.45, 7) is 1.10. The lowest BCUT2D eigenvalue weighted by molar-refractivity contribution is -0.135. The third-order valence-corrected chi connectivity index (χ3v) is 4.14. The molecule has 0 saturated carbocycles. The molecule has 1 aliphatic rings. The van der Waals surface area contributed by atoms with Gasteiger partial charge in [0, 0.05) is 30.2 Å². The standard InChI is InChI=1S/C16H21N3O2/c17-14(16(21)19-7-3-4-12(20)10-19)8-11-9-18-15-6-2-1-5-13(11)15/h1-2,5-6,9,12,14,18,20H,3-4,7-8,10,17H2/t12-,14+/m0/s1. The number of carbonyl (C=O) groups excluding carboxylic acids is 1. The molecule has 2 atom stereocenters. The summed E-state index contributed by atoms with van der Waals surface area (Å²) >= 11 is 0. The number of para-hydroxylation sites is 1. The zero-order valence-corrected chi connectivity index (χ0v) is 12.0. The Morgan fingerprint density at radius 2 is 2.29 bits per heavy atom. The summed E-state index contributed by atoms with van der Waals surface area (Å²) < 4.78 is 0. The zero-order valence-electron chi connectivity index (χ0n) is 12.0. The number of aliphatic hydroxyl groups excluding tert-OH is 1. The molecular formula is C16H21N3O2. The highest BCUT2D eigenvalue weighted by Gasteiger charge is 2.26. The maximum Gasteiger partial charge on any atom is 0.239 e. The van der Waals surface area contributed by atoms with Crippen LogP contribution in [0.25, 0.3) is 10.9 Å². The van der Waals surface area contributed by atoms with Crippen molar-refractivity contribution in [2.24, 2.45) is 5.73 Å². The molecule has 1 fully saturated rings. The van der Waals surface area contributed by atoms with E-state index in [0.29, 0.717) is 19.5 Å². The van der Waals surface area contributed by atoms with Crippen molar-refractivity contribution in [3.63, 3.8) is 0 Å². The van der Waals surface area contributed by atoms with E-state index in [9.17, 15) is 9.90 Å². The number of amides is 1. The van der Waals surface area contributed by atoms with Crippen LogP contribution in [-0.2, 0) is 11.2 Å². The van der Waals surface area contributed by atoms with Gasteiger partial charge in [-0.15, -0.1) is 0 Å². The molecule has 1 saturated heterocycles. The Morgan fingerprint density at radius 1 is 1.48 bits per heavy atom. The number of rotatable bonds is 3. The number of H-pyrrole nitrogens is 1. The minimum absolute atomic E-state index is 0.0703. The second kappa shape index (κ2) is 5.87. The lowest BCUT2D eigenvalue weighted by atomic mass is 10.0. The number of aromatic amines is 1. The number of β-amino-alcohol motifs (C(OH)–C–C–N with tert-alkyl or cyclic N) is 1. The molecule has 0 bridgehead atoms. The number of carbonyl (C=O) groups is 1. The van der Waals surface area contributed by atoms with E-state index in [0.717, 1.165) is 29.3 Å². The van der Waals surface area contributed by atoms with Crippen LogP contribution in [0.4, 0.5) is 0 Å². The molecule has 5 nitrogen and oxygen atoms in total. The highest BCUT2D eigenvalue weighted by molar-refractivity contribution is 5.86. The van der Waals surface area contributed by atoms with Gasteiger partial charge in [-0.1, -0.05) is 18.2 Å². The van der Waals surface area contributed by atoms with Gasteiger partial charge in [-0.05, 0) is 30.9 Å². The number of aliphatic hydroxyl groups is 1. The van der Waals surface area contributed by atoms with Gasteiger partial charge in [0.15, 0.2) is 0 Å². The third-order valence-electron chi connectivity index (χ3n) is 4.14. The van der Waals surface area contributed by atoms with Gasteiger partial charge in [0.1, 0.15) is 0 Å². The second-order valence-electron chi connectivity index (χ2n) is 5.75. The average Bonchev–Trinajstić information content (AvgIpc) is 2.90. The summed E-state index contributed by atoms with van der Waals surface area (Å²) in [6, 6.07) is 7.43. The summed E-state index contributed by atoms with van der Waals surface area (Å²) in [5.74, 6) is -0.0703. The SMILES string of the molecule is N[C@H](Cc1c[nH]c2ccccc12)C(=O)N1CCC[C@H](O)C1. The van der Waals surface area contributed by atoms with Crippen LogP contribution < -0.4 is 5.73 Å². The van der Waals surface area contributed by atoms with Crippen LogP contribution in [0.15, 0.2) is 30.5 Å². The van der Waals surface area contributed by atoms with Crippen LogP contribution in [0.2, 0.25) is 0 Å². The quantitative estimate of drug-likeness (QED) is 0.788. The van der Waals surface area contributed by atoms with Crippen LogP contribution in [0.3, 0.4) is 0 Å². The van der Waals surface area contributed by atoms with E-state index in [2.05, 4.69) is 4.98 Å². The molecule has 112 valence electrons. The van der Waals surface area contributed by atoms with Gasteiger partial charge in [0.25, 0.3) is 0 Å². The van der Waals surface area contributed by atoms with E-state index >= 15 is 0 Å². The lowest BCUT2D eigenvalue weighted by Gasteiger charge is -2.32. The van der Waals surface area contributed by atoms with E-state index in [-0.39, 0.29) is 5.91 Å². The summed E-state index contributed by atoms with van der Waals surface area (Å²) in [6.07, 6.45) is 3.62. The minimum atomic E-state index is -0.561. The van der Waals surface area contributed by atoms with Crippen molar-refractivity contribution in [2.45, 2.75) is 31.4 Å². The molecule has 1 aliphatic heterocycles. The van der Waals surface area contributed by atoms with Gasteiger partial charge in [-0.25, -0.2) is 0 Å². The number of piperidine rings is 1. The van der Waals surface area contributed by atoms with Crippen molar-refractivity contribution in [3.05, 3.63) is 36.0 Å². The fraction of sp³-hybridized carbons (Fsp3) is 0.438. The average molecular weight is 287 g/mol.